The number of benzene rings is 1. The van der Waals surface area contributed by atoms with Gasteiger partial charge in [-0.05, 0) is 42.8 Å². The molecule has 1 saturated heterocycles. The van der Waals surface area contributed by atoms with Gasteiger partial charge in [0.1, 0.15) is 17.1 Å². The maximum Gasteiger partial charge on any atom is 0.270 e. The Labute approximate surface area is 162 Å². The van der Waals surface area contributed by atoms with Crippen LogP contribution in [-0.2, 0) is 0 Å². The van der Waals surface area contributed by atoms with E-state index in [-0.39, 0.29) is 11.5 Å². The Morgan fingerprint density at radius 2 is 1.86 bits per heavy atom. The second kappa shape index (κ2) is 7.90. The highest BCUT2D eigenvalue weighted by Gasteiger charge is 2.20. The normalized spacial score (nSPS) is 14.4. The molecule has 0 bridgehead atoms. The van der Waals surface area contributed by atoms with Crippen molar-refractivity contribution in [1.29, 1.82) is 0 Å². The van der Waals surface area contributed by atoms with Crippen molar-refractivity contribution in [3.05, 3.63) is 58.5 Å². The number of amides is 1. The van der Waals surface area contributed by atoms with Crippen molar-refractivity contribution < 1.29 is 9.53 Å². The van der Waals surface area contributed by atoms with E-state index in [0.717, 1.165) is 36.3 Å². The van der Waals surface area contributed by atoms with Crippen molar-refractivity contribution in [2.45, 2.75) is 13.3 Å². The van der Waals surface area contributed by atoms with Crippen molar-refractivity contribution >= 4 is 16.9 Å². The minimum Gasteiger partial charge on any atom is -0.494 e. The summed E-state index contributed by atoms with van der Waals surface area (Å²) in [6.45, 7) is 5.66. The summed E-state index contributed by atoms with van der Waals surface area (Å²) in [5.74, 6) is 0.729. The van der Waals surface area contributed by atoms with Crippen molar-refractivity contribution in [2.75, 3.05) is 32.8 Å². The number of rotatable bonds is 5. The zero-order valence-electron chi connectivity index (χ0n) is 15.9. The van der Waals surface area contributed by atoms with Gasteiger partial charge in [-0.15, -0.1) is 0 Å². The van der Waals surface area contributed by atoms with Gasteiger partial charge in [0, 0.05) is 37.6 Å². The number of pyridine rings is 1. The lowest BCUT2D eigenvalue weighted by Crippen LogP contribution is -2.46. The zero-order valence-corrected chi connectivity index (χ0v) is 15.9. The Morgan fingerprint density at radius 1 is 1.11 bits per heavy atom. The molecule has 1 aromatic carbocycles. The van der Waals surface area contributed by atoms with Crippen LogP contribution in [0.25, 0.3) is 16.7 Å². The third-order valence-electron chi connectivity index (χ3n) is 4.88. The van der Waals surface area contributed by atoms with Crippen LogP contribution in [0.2, 0.25) is 0 Å². The molecule has 4 rings (SSSR count). The number of fused-ring (bicyclic) bond motifs is 1. The molecule has 2 aromatic heterocycles. The smallest absolute Gasteiger partial charge is 0.270 e. The summed E-state index contributed by atoms with van der Waals surface area (Å²) in [5, 5.41) is 4.07. The fourth-order valence-corrected chi connectivity index (χ4v) is 3.44. The molecule has 28 heavy (non-hydrogen) atoms. The van der Waals surface area contributed by atoms with Crippen molar-refractivity contribution in [2.24, 2.45) is 0 Å². The number of ether oxygens (including phenoxy) is 1. The molecule has 1 aliphatic rings. The van der Waals surface area contributed by atoms with Crippen LogP contribution in [-0.4, -0.2) is 53.1 Å². The molecule has 3 aromatic rings. The molecule has 0 saturated carbocycles. The first-order chi connectivity index (χ1) is 13.7. The van der Waals surface area contributed by atoms with Gasteiger partial charge in [-0.3, -0.25) is 14.2 Å². The van der Waals surface area contributed by atoms with Crippen LogP contribution in [0.4, 0.5) is 0 Å². The number of aromatic nitrogens is 2. The number of hydrogen-bond donors (Lipinski definition) is 2. The lowest BCUT2D eigenvalue weighted by atomic mass is 10.2. The Bertz CT molecular complexity index is 1030. The fourth-order valence-electron chi connectivity index (χ4n) is 3.44. The van der Waals surface area contributed by atoms with E-state index in [0.29, 0.717) is 31.0 Å². The van der Waals surface area contributed by atoms with Gasteiger partial charge < -0.3 is 19.9 Å². The number of hydrogen-bond acceptors (Lipinski definition) is 4. The monoisotopic (exact) mass is 380 g/mol. The van der Waals surface area contributed by atoms with Gasteiger partial charge in [0.15, 0.2) is 0 Å². The average molecular weight is 380 g/mol. The van der Waals surface area contributed by atoms with Gasteiger partial charge in [-0.2, -0.15) is 0 Å². The predicted octanol–water partition coefficient (Wildman–Crippen LogP) is 2.15. The topological polar surface area (TPSA) is 79.4 Å². The van der Waals surface area contributed by atoms with E-state index in [1.165, 1.54) is 6.07 Å². The van der Waals surface area contributed by atoms with Gasteiger partial charge in [0.2, 0.25) is 0 Å². The van der Waals surface area contributed by atoms with Gasteiger partial charge in [0.25, 0.3) is 11.5 Å². The van der Waals surface area contributed by atoms with Gasteiger partial charge >= 0.3 is 0 Å². The number of aromatic amines is 1. The first kappa shape index (κ1) is 18.3. The first-order valence-electron chi connectivity index (χ1n) is 9.65. The molecule has 0 spiro atoms. The van der Waals surface area contributed by atoms with Gasteiger partial charge in [-0.25, -0.2) is 0 Å². The van der Waals surface area contributed by atoms with Crippen LogP contribution in [0.3, 0.4) is 0 Å². The zero-order chi connectivity index (χ0) is 19.5. The number of carbonyl (C=O) groups excluding carboxylic acids is 1. The number of H-pyrrole nitrogens is 1. The highest BCUT2D eigenvalue weighted by atomic mass is 16.5. The Kier molecular flexibility index (Phi) is 5.16. The third kappa shape index (κ3) is 3.53. The Hall–Kier alpha value is -3.06. The summed E-state index contributed by atoms with van der Waals surface area (Å²) in [6, 6.07) is 12.5. The lowest BCUT2D eigenvalue weighted by molar-refractivity contribution is 0.0731. The van der Waals surface area contributed by atoms with E-state index in [1.54, 1.807) is 10.6 Å². The molecule has 0 aliphatic carbocycles. The van der Waals surface area contributed by atoms with E-state index in [2.05, 4.69) is 17.2 Å². The predicted molar refractivity (Wildman–Crippen MR) is 108 cm³/mol. The van der Waals surface area contributed by atoms with Crippen molar-refractivity contribution in [3.63, 3.8) is 0 Å². The lowest BCUT2D eigenvalue weighted by Gasteiger charge is -2.26. The number of piperazine rings is 1. The highest BCUT2D eigenvalue weighted by molar-refractivity contribution is 5.97. The summed E-state index contributed by atoms with van der Waals surface area (Å²) in [5.41, 5.74) is 1.69. The molecule has 1 fully saturated rings. The van der Waals surface area contributed by atoms with Crippen molar-refractivity contribution in [1.82, 2.24) is 19.8 Å². The number of carbonyl (C=O) groups is 1. The minimum absolute atomic E-state index is 0.0417. The standard InChI is InChI=1S/C21H24N4O3/c1-2-13-28-17-6-4-16(5-7-17)25-19(26)8-3-15-14-18(23-20(15)25)21(27)24-11-9-22-10-12-24/h3-8,14,22-23H,2,9-13H2,1H3. The van der Waals surface area contributed by atoms with E-state index >= 15 is 0 Å². The molecule has 146 valence electrons. The summed E-state index contributed by atoms with van der Waals surface area (Å²) < 4.78 is 7.21. The van der Waals surface area contributed by atoms with Gasteiger partial charge in [0.05, 0.1) is 12.3 Å². The highest BCUT2D eigenvalue weighted by Crippen LogP contribution is 2.20. The first-order valence-corrected chi connectivity index (χ1v) is 9.65. The molecule has 7 heteroatoms. The van der Waals surface area contributed by atoms with Crippen LogP contribution in [0.15, 0.2) is 47.3 Å². The molecule has 0 radical (unpaired) electrons. The summed E-state index contributed by atoms with van der Waals surface area (Å²) in [4.78, 5) is 30.4. The van der Waals surface area contributed by atoms with E-state index < -0.39 is 0 Å². The molecular weight excluding hydrogens is 356 g/mol. The number of nitrogens with one attached hydrogen (secondary N) is 2. The third-order valence-corrected chi connectivity index (χ3v) is 4.88. The quantitative estimate of drug-likeness (QED) is 0.711. The van der Waals surface area contributed by atoms with Crippen LogP contribution >= 0.6 is 0 Å². The maximum absolute atomic E-state index is 12.8. The molecular formula is C21H24N4O3. The van der Waals surface area contributed by atoms with Crippen LogP contribution in [0, 0.1) is 0 Å². The fraction of sp³-hybridized carbons (Fsp3) is 0.333. The Morgan fingerprint density at radius 3 is 2.57 bits per heavy atom. The van der Waals surface area contributed by atoms with E-state index in [4.69, 9.17) is 4.74 Å². The van der Waals surface area contributed by atoms with Gasteiger partial charge in [-0.1, -0.05) is 6.92 Å². The second-order valence-corrected chi connectivity index (χ2v) is 6.88. The molecule has 0 unspecified atom stereocenters. The van der Waals surface area contributed by atoms with Crippen LogP contribution in [0.1, 0.15) is 23.8 Å². The SMILES string of the molecule is CCCOc1ccc(-n2c(=O)ccc3cc(C(=O)N4CCNCC4)[nH]c32)cc1. The van der Waals surface area contributed by atoms with Crippen molar-refractivity contribution in [3.8, 4) is 11.4 Å². The molecule has 7 nitrogen and oxygen atoms in total. The molecule has 2 N–H and O–H groups in total. The Balaban J connectivity index is 1.70. The average Bonchev–Trinajstić information content (AvgIpc) is 3.17. The summed E-state index contributed by atoms with van der Waals surface area (Å²) in [6.07, 6.45) is 0.937. The maximum atomic E-state index is 12.8. The summed E-state index contributed by atoms with van der Waals surface area (Å²) >= 11 is 0. The molecule has 1 aliphatic heterocycles. The summed E-state index contributed by atoms with van der Waals surface area (Å²) in [7, 11) is 0. The van der Waals surface area contributed by atoms with Crippen LogP contribution in [0.5, 0.6) is 5.75 Å². The second-order valence-electron chi connectivity index (χ2n) is 6.88. The molecule has 3 heterocycles. The minimum atomic E-state index is -0.155. The molecule has 1 amide bonds. The number of nitrogens with zero attached hydrogens (tertiary/aromatic N) is 2. The van der Waals surface area contributed by atoms with Crippen LogP contribution < -0.4 is 15.6 Å². The molecule has 0 atom stereocenters. The van der Waals surface area contributed by atoms with E-state index in [9.17, 15) is 9.59 Å². The largest absolute Gasteiger partial charge is 0.494 e. The van der Waals surface area contributed by atoms with E-state index in [1.807, 2.05) is 35.2 Å².